The van der Waals surface area contributed by atoms with Crippen LogP contribution in [0.5, 0.6) is 5.75 Å². The summed E-state index contributed by atoms with van der Waals surface area (Å²) in [5.74, 6) is 0.0376. The van der Waals surface area contributed by atoms with Crippen LogP contribution in [0.1, 0.15) is 27.2 Å². The summed E-state index contributed by atoms with van der Waals surface area (Å²) in [7, 11) is 0. The second kappa shape index (κ2) is 9.03. The van der Waals surface area contributed by atoms with Crippen molar-refractivity contribution < 1.29 is 18.9 Å². The van der Waals surface area contributed by atoms with Gasteiger partial charge in [-0.3, -0.25) is 14.9 Å². The molecule has 1 aromatic heterocycles. The number of hydrogen-bond donors (Lipinski definition) is 1. The molecule has 0 spiro atoms. The van der Waals surface area contributed by atoms with Crippen LogP contribution in [0, 0.1) is 17.0 Å². The molecule has 0 saturated carbocycles. The molecule has 0 unspecified atom stereocenters. The van der Waals surface area contributed by atoms with Crippen LogP contribution < -0.4 is 10.2 Å². The van der Waals surface area contributed by atoms with Crippen LogP contribution >= 0.6 is 11.6 Å². The number of ether oxygens (including phenoxy) is 1. The summed E-state index contributed by atoms with van der Waals surface area (Å²) in [6, 6.07) is 14.9. The molecule has 0 aliphatic carbocycles. The minimum atomic E-state index is -0.657. The maximum absolute atomic E-state index is 12.1. The molecule has 2 aromatic carbocycles. The number of benzene rings is 2. The highest BCUT2D eigenvalue weighted by molar-refractivity contribution is 6.31. The molecule has 9 heteroatoms. The summed E-state index contributed by atoms with van der Waals surface area (Å²) in [4.78, 5) is 22.0. The Bertz CT molecular complexity index is 1060. The molecule has 0 radical (unpaired) electrons. The normalized spacial score (nSPS) is 10.8. The van der Waals surface area contributed by atoms with Gasteiger partial charge in [0.2, 0.25) is 0 Å². The Morgan fingerprint density at radius 3 is 2.66 bits per heavy atom. The largest absolute Gasteiger partial charge is 0.489 e. The van der Waals surface area contributed by atoms with E-state index in [1.807, 2.05) is 13.0 Å². The summed E-state index contributed by atoms with van der Waals surface area (Å²) in [6.07, 6.45) is 1.18. The molecule has 148 valence electrons. The second-order valence-corrected chi connectivity index (χ2v) is 6.44. The highest BCUT2D eigenvalue weighted by atomic mass is 35.5. The van der Waals surface area contributed by atoms with Gasteiger partial charge in [0.05, 0.1) is 12.3 Å². The monoisotopic (exact) mass is 413 g/mol. The van der Waals surface area contributed by atoms with Gasteiger partial charge < -0.3 is 9.15 Å². The van der Waals surface area contributed by atoms with Crippen molar-refractivity contribution in [1.82, 2.24) is 5.43 Å². The Balaban J connectivity index is 1.53. The summed E-state index contributed by atoms with van der Waals surface area (Å²) in [5.41, 5.74) is 4.55. The van der Waals surface area contributed by atoms with E-state index in [1.165, 1.54) is 18.3 Å². The number of furan rings is 1. The van der Waals surface area contributed by atoms with E-state index < -0.39 is 16.7 Å². The average Bonchev–Trinajstić information content (AvgIpc) is 3.18. The zero-order valence-electron chi connectivity index (χ0n) is 15.3. The summed E-state index contributed by atoms with van der Waals surface area (Å²) >= 11 is 5.99. The van der Waals surface area contributed by atoms with Gasteiger partial charge in [0.25, 0.3) is 5.91 Å². The average molecular weight is 414 g/mol. The van der Waals surface area contributed by atoms with Crippen LogP contribution in [-0.4, -0.2) is 17.0 Å². The third kappa shape index (κ3) is 5.43. The van der Waals surface area contributed by atoms with E-state index in [0.29, 0.717) is 22.9 Å². The molecule has 3 rings (SSSR count). The Morgan fingerprint density at radius 2 is 2.00 bits per heavy atom. The molecule has 1 amide bonds. The fraction of sp³-hybridized carbons (Fsp3) is 0.100. The van der Waals surface area contributed by atoms with E-state index in [-0.39, 0.29) is 5.76 Å². The third-order valence-electron chi connectivity index (χ3n) is 3.90. The smallest absolute Gasteiger partial charge is 0.433 e. The number of hydrazone groups is 1. The van der Waals surface area contributed by atoms with Gasteiger partial charge in [-0.05, 0) is 54.4 Å². The van der Waals surface area contributed by atoms with Crippen molar-refractivity contribution in [2.24, 2.45) is 5.10 Å². The van der Waals surface area contributed by atoms with Crippen molar-refractivity contribution in [3.05, 3.63) is 92.2 Å². The van der Waals surface area contributed by atoms with Gasteiger partial charge in [0.15, 0.2) is 5.76 Å². The molecule has 0 aliphatic rings. The Morgan fingerprint density at radius 1 is 1.24 bits per heavy atom. The SMILES string of the molecule is Cc1cc(OCc2ccc(C(=O)N/N=C\c3ccc([N+](=O)[O-])o3)cc2)ccc1Cl. The molecule has 0 aliphatic heterocycles. The molecule has 0 atom stereocenters. The first-order chi connectivity index (χ1) is 13.9. The predicted molar refractivity (Wildman–Crippen MR) is 107 cm³/mol. The van der Waals surface area contributed by atoms with E-state index in [2.05, 4.69) is 10.5 Å². The standard InChI is InChI=1S/C20H16ClN3O5/c1-13-10-16(6-8-18(13)21)28-12-14-2-4-15(5-3-14)20(25)23-22-11-17-7-9-19(29-17)24(26)27/h2-11H,12H2,1H3,(H,23,25)/b22-11-. The Labute approximate surface area is 170 Å². The van der Waals surface area contributed by atoms with Crippen LogP contribution in [0.25, 0.3) is 0 Å². The zero-order valence-corrected chi connectivity index (χ0v) is 16.1. The molecule has 0 bridgehead atoms. The van der Waals surface area contributed by atoms with Crippen molar-refractivity contribution in [3.8, 4) is 5.75 Å². The zero-order chi connectivity index (χ0) is 20.8. The van der Waals surface area contributed by atoms with Crippen LogP contribution in [0.4, 0.5) is 5.88 Å². The van der Waals surface area contributed by atoms with E-state index in [1.54, 1.807) is 36.4 Å². The van der Waals surface area contributed by atoms with Crippen molar-refractivity contribution >= 4 is 29.6 Å². The number of halogens is 1. The highest BCUT2D eigenvalue weighted by Gasteiger charge is 2.10. The summed E-state index contributed by atoms with van der Waals surface area (Å²) in [6.45, 7) is 2.25. The molecule has 3 aromatic rings. The number of amides is 1. The van der Waals surface area contributed by atoms with E-state index >= 15 is 0 Å². The quantitative estimate of drug-likeness (QED) is 0.349. The van der Waals surface area contributed by atoms with E-state index in [9.17, 15) is 14.9 Å². The molecule has 1 N–H and O–H groups in total. The van der Waals surface area contributed by atoms with Crippen molar-refractivity contribution in [3.63, 3.8) is 0 Å². The van der Waals surface area contributed by atoms with Gasteiger partial charge in [-0.15, -0.1) is 0 Å². The topological polar surface area (TPSA) is 107 Å². The number of nitrogens with zero attached hydrogens (tertiary/aromatic N) is 2. The highest BCUT2D eigenvalue weighted by Crippen LogP contribution is 2.22. The van der Waals surface area contributed by atoms with Crippen molar-refractivity contribution in [2.75, 3.05) is 0 Å². The maximum Gasteiger partial charge on any atom is 0.433 e. The van der Waals surface area contributed by atoms with Gasteiger partial charge in [-0.2, -0.15) is 5.10 Å². The van der Waals surface area contributed by atoms with Gasteiger partial charge in [0, 0.05) is 10.6 Å². The number of aryl methyl sites for hydroxylation is 1. The first kappa shape index (κ1) is 20.1. The lowest BCUT2D eigenvalue weighted by molar-refractivity contribution is -0.402. The summed E-state index contributed by atoms with van der Waals surface area (Å²) in [5, 5.41) is 15.0. The molecule has 29 heavy (non-hydrogen) atoms. The molecule has 8 nitrogen and oxygen atoms in total. The fourth-order valence-electron chi connectivity index (χ4n) is 2.35. The van der Waals surface area contributed by atoms with Crippen LogP contribution in [0.3, 0.4) is 0 Å². The Kier molecular flexibility index (Phi) is 6.25. The van der Waals surface area contributed by atoms with Crippen LogP contribution in [-0.2, 0) is 6.61 Å². The van der Waals surface area contributed by atoms with Gasteiger partial charge in [0.1, 0.15) is 17.3 Å². The minimum Gasteiger partial charge on any atom is -0.489 e. The molecule has 0 saturated heterocycles. The van der Waals surface area contributed by atoms with E-state index in [4.69, 9.17) is 20.8 Å². The molecule has 1 heterocycles. The number of nitro groups is 1. The molecule has 0 fully saturated rings. The molecular weight excluding hydrogens is 398 g/mol. The second-order valence-electron chi connectivity index (χ2n) is 6.03. The number of carbonyl (C=O) groups is 1. The number of hydrogen-bond acceptors (Lipinski definition) is 6. The van der Waals surface area contributed by atoms with Gasteiger partial charge in [-0.1, -0.05) is 23.7 Å². The lowest BCUT2D eigenvalue weighted by atomic mass is 10.1. The predicted octanol–water partition coefficient (Wildman–Crippen LogP) is 4.49. The Hall–Kier alpha value is -3.65. The van der Waals surface area contributed by atoms with Gasteiger partial charge >= 0.3 is 5.88 Å². The third-order valence-corrected chi connectivity index (χ3v) is 4.33. The molecular formula is C20H16ClN3O5. The van der Waals surface area contributed by atoms with Crippen LogP contribution in [0.2, 0.25) is 5.02 Å². The first-order valence-corrected chi connectivity index (χ1v) is 8.85. The van der Waals surface area contributed by atoms with Crippen molar-refractivity contribution in [2.45, 2.75) is 13.5 Å². The lowest BCUT2D eigenvalue weighted by Crippen LogP contribution is -2.17. The van der Waals surface area contributed by atoms with Crippen molar-refractivity contribution in [1.29, 1.82) is 0 Å². The number of carbonyl (C=O) groups excluding carboxylic acids is 1. The summed E-state index contributed by atoms with van der Waals surface area (Å²) < 4.78 is 10.6. The van der Waals surface area contributed by atoms with Crippen LogP contribution in [0.15, 0.2) is 64.1 Å². The number of nitrogens with one attached hydrogen (secondary N) is 1. The van der Waals surface area contributed by atoms with Gasteiger partial charge in [-0.25, -0.2) is 5.43 Å². The lowest BCUT2D eigenvalue weighted by Gasteiger charge is -2.08. The fourth-order valence-corrected chi connectivity index (χ4v) is 2.47. The number of rotatable bonds is 7. The maximum atomic E-state index is 12.1. The minimum absolute atomic E-state index is 0.155. The van der Waals surface area contributed by atoms with E-state index in [0.717, 1.165) is 11.1 Å². The first-order valence-electron chi connectivity index (χ1n) is 8.48.